The average molecular weight is 225 g/mol. The number of carbonyl (C=O) groups is 1. The van der Waals surface area contributed by atoms with E-state index in [1.54, 1.807) is 0 Å². The van der Waals surface area contributed by atoms with Gasteiger partial charge in [-0.15, -0.1) is 0 Å². The minimum absolute atomic E-state index is 0.223. The van der Waals surface area contributed by atoms with Gasteiger partial charge < -0.3 is 15.1 Å². The highest BCUT2D eigenvalue weighted by Crippen LogP contribution is 2.25. The molecule has 4 nitrogen and oxygen atoms in total. The Morgan fingerprint density at radius 2 is 2.12 bits per heavy atom. The van der Waals surface area contributed by atoms with E-state index >= 15 is 0 Å². The smallest absolute Gasteiger partial charge is 0.320 e. The van der Waals surface area contributed by atoms with Gasteiger partial charge in [0.1, 0.15) is 0 Å². The number of hydrogen-bond donors (Lipinski definition) is 1. The third-order valence-electron chi connectivity index (χ3n) is 3.90. The Morgan fingerprint density at radius 1 is 1.38 bits per heavy atom. The Kier molecular flexibility index (Phi) is 3.69. The van der Waals surface area contributed by atoms with E-state index in [9.17, 15) is 4.79 Å². The summed E-state index contributed by atoms with van der Waals surface area (Å²) in [5, 5.41) is 3.53. The van der Waals surface area contributed by atoms with Crippen molar-refractivity contribution in [2.45, 2.75) is 32.7 Å². The van der Waals surface area contributed by atoms with Gasteiger partial charge in [0.05, 0.1) is 0 Å². The van der Waals surface area contributed by atoms with Crippen molar-refractivity contribution in [2.75, 3.05) is 32.7 Å². The van der Waals surface area contributed by atoms with Crippen LogP contribution in [0.25, 0.3) is 0 Å². The van der Waals surface area contributed by atoms with Crippen LogP contribution < -0.4 is 5.32 Å². The lowest BCUT2D eigenvalue weighted by Crippen LogP contribution is -2.44. The number of amides is 2. The Bertz CT molecular complexity index is 239. The molecule has 2 heterocycles. The van der Waals surface area contributed by atoms with Crippen LogP contribution in [0.5, 0.6) is 0 Å². The first-order valence-electron chi connectivity index (χ1n) is 6.53. The Morgan fingerprint density at radius 3 is 2.75 bits per heavy atom. The van der Waals surface area contributed by atoms with Gasteiger partial charge in [-0.1, -0.05) is 0 Å². The molecule has 0 spiro atoms. The van der Waals surface area contributed by atoms with Crippen LogP contribution in [0.3, 0.4) is 0 Å². The molecule has 1 N–H and O–H groups in total. The van der Waals surface area contributed by atoms with E-state index < -0.39 is 0 Å². The minimum atomic E-state index is 0.223. The molecule has 0 saturated carbocycles. The maximum absolute atomic E-state index is 12.2. The largest absolute Gasteiger partial charge is 0.325 e. The number of fused-ring (bicyclic) bond motifs is 1. The molecular formula is C12H23N3O. The van der Waals surface area contributed by atoms with Gasteiger partial charge in [0.15, 0.2) is 0 Å². The van der Waals surface area contributed by atoms with E-state index in [1.807, 2.05) is 23.6 Å². The van der Waals surface area contributed by atoms with E-state index in [2.05, 4.69) is 5.32 Å². The zero-order chi connectivity index (χ0) is 11.5. The first-order valence-corrected chi connectivity index (χ1v) is 6.53. The van der Waals surface area contributed by atoms with Gasteiger partial charge >= 0.3 is 6.03 Å². The van der Waals surface area contributed by atoms with E-state index in [4.69, 9.17) is 0 Å². The van der Waals surface area contributed by atoms with E-state index in [0.29, 0.717) is 12.0 Å². The normalized spacial score (nSPS) is 29.0. The fourth-order valence-corrected chi connectivity index (χ4v) is 2.90. The fourth-order valence-electron chi connectivity index (χ4n) is 2.90. The Hall–Kier alpha value is -0.770. The summed E-state index contributed by atoms with van der Waals surface area (Å²) in [5.41, 5.74) is 0. The van der Waals surface area contributed by atoms with Crippen LogP contribution >= 0.6 is 0 Å². The maximum atomic E-state index is 12.2. The highest BCUT2D eigenvalue weighted by atomic mass is 16.2. The van der Waals surface area contributed by atoms with Crippen LogP contribution in [-0.4, -0.2) is 54.6 Å². The van der Waals surface area contributed by atoms with Crippen molar-refractivity contribution in [1.82, 2.24) is 15.1 Å². The summed E-state index contributed by atoms with van der Waals surface area (Å²) < 4.78 is 0. The molecule has 4 heteroatoms. The monoisotopic (exact) mass is 225 g/mol. The lowest BCUT2D eigenvalue weighted by molar-refractivity contribution is 0.165. The summed E-state index contributed by atoms with van der Waals surface area (Å²) in [5.74, 6) is 0.688. The molecule has 2 unspecified atom stereocenters. The molecular weight excluding hydrogens is 202 g/mol. The lowest BCUT2D eigenvalue weighted by Gasteiger charge is -2.25. The van der Waals surface area contributed by atoms with Crippen molar-refractivity contribution in [2.24, 2.45) is 5.92 Å². The highest BCUT2D eigenvalue weighted by molar-refractivity contribution is 5.74. The van der Waals surface area contributed by atoms with Crippen LogP contribution in [0, 0.1) is 5.92 Å². The fraction of sp³-hybridized carbons (Fsp3) is 0.917. The summed E-state index contributed by atoms with van der Waals surface area (Å²) in [7, 11) is 0. The minimum Gasteiger partial charge on any atom is -0.325 e. The summed E-state index contributed by atoms with van der Waals surface area (Å²) in [6.45, 7) is 8.69. The molecule has 0 aromatic rings. The predicted molar refractivity (Wildman–Crippen MR) is 64.4 cm³/mol. The predicted octanol–water partition coefficient (Wildman–Crippen LogP) is 1.13. The Balaban J connectivity index is 1.94. The zero-order valence-electron chi connectivity index (χ0n) is 10.4. The number of urea groups is 1. The third-order valence-corrected chi connectivity index (χ3v) is 3.90. The molecule has 0 aromatic carbocycles. The van der Waals surface area contributed by atoms with Crippen LogP contribution in [-0.2, 0) is 0 Å². The zero-order valence-corrected chi connectivity index (χ0v) is 10.4. The molecule has 16 heavy (non-hydrogen) atoms. The molecule has 0 radical (unpaired) electrons. The molecule has 2 fully saturated rings. The molecule has 2 atom stereocenters. The number of likely N-dealkylation sites (tertiary alicyclic amines) is 1. The SMILES string of the molecule is CCN(CC)C(=O)N1CC2CCCNC2C1. The van der Waals surface area contributed by atoms with Gasteiger partial charge in [0.2, 0.25) is 0 Å². The van der Waals surface area contributed by atoms with Gasteiger partial charge in [-0.3, -0.25) is 0 Å². The second-order valence-corrected chi connectivity index (χ2v) is 4.82. The van der Waals surface area contributed by atoms with Gasteiger partial charge in [0.25, 0.3) is 0 Å². The first-order chi connectivity index (χ1) is 7.76. The topological polar surface area (TPSA) is 35.6 Å². The van der Waals surface area contributed by atoms with Crippen molar-refractivity contribution in [3.8, 4) is 0 Å². The van der Waals surface area contributed by atoms with Crippen molar-refractivity contribution in [3.63, 3.8) is 0 Å². The second-order valence-electron chi connectivity index (χ2n) is 4.82. The second kappa shape index (κ2) is 5.04. The van der Waals surface area contributed by atoms with Gasteiger partial charge in [-0.05, 0) is 39.2 Å². The molecule has 0 aromatic heterocycles. The summed E-state index contributed by atoms with van der Waals surface area (Å²) in [6, 6.07) is 0.773. The number of hydrogen-bond acceptors (Lipinski definition) is 2. The van der Waals surface area contributed by atoms with Crippen molar-refractivity contribution in [3.05, 3.63) is 0 Å². The number of nitrogens with zero attached hydrogens (tertiary/aromatic N) is 2. The summed E-state index contributed by atoms with van der Waals surface area (Å²) >= 11 is 0. The van der Waals surface area contributed by atoms with Gasteiger partial charge in [-0.2, -0.15) is 0 Å². The van der Waals surface area contributed by atoms with E-state index in [0.717, 1.165) is 32.7 Å². The molecule has 0 bridgehead atoms. The van der Waals surface area contributed by atoms with Crippen molar-refractivity contribution in [1.29, 1.82) is 0 Å². The van der Waals surface area contributed by atoms with Gasteiger partial charge in [-0.25, -0.2) is 4.79 Å². The lowest BCUT2D eigenvalue weighted by atomic mass is 9.94. The molecule has 2 aliphatic heterocycles. The van der Waals surface area contributed by atoms with Crippen LogP contribution in [0.4, 0.5) is 4.79 Å². The molecule has 2 aliphatic rings. The van der Waals surface area contributed by atoms with E-state index in [1.165, 1.54) is 12.8 Å². The quantitative estimate of drug-likeness (QED) is 0.765. The number of piperidine rings is 1. The standard InChI is InChI=1S/C12H23N3O/c1-3-14(4-2)12(16)15-8-10-6-5-7-13-11(10)9-15/h10-11,13H,3-9H2,1-2H3. The van der Waals surface area contributed by atoms with Crippen LogP contribution in [0.2, 0.25) is 0 Å². The molecule has 0 aliphatic carbocycles. The third kappa shape index (κ3) is 2.17. The van der Waals surface area contributed by atoms with Crippen LogP contribution in [0.15, 0.2) is 0 Å². The van der Waals surface area contributed by atoms with Crippen molar-refractivity contribution >= 4 is 6.03 Å². The van der Waals surface area contributed by atoms with E-state index in [-0.39, 0.29) is 6.03 Å². The molecule has 2 amide bonds. The van der Waals surface area contributed by atoms with Crippen LogP contribution in [0.1, 0.15) is 26.7 Å². The number of rotatable bonds is 2. The number of carbonyl (C=O) groups excluding carboxylic acids is 1. The Labute approximate surface area is 98.0 Å². The highest BCUT2D eigenvalue weighted by Gasteiger charge is 2.37. The first kappa shape index (κ1) is 11.7. The average Bonchev–Trinajstić information content (AvgIpc) is 2.74. The maximum Gasteiger partial charge on any atom is 0.320 e. The molecule has 2 saturated heterocycles. The van der Waals surface area contributed by atoms with Crippen molar-refractivity contribution < 1.29 is 4.79 Å². The molecule has 92 valence electrons. The summed E-state index contributed by atoms with van der Waals surface area (Å²) in [4.78, 5) is 16.1. The van der Waals surface area contributed by atoms with Gasteiger partial charge in [0, 0.05) is 32.2 Å². The molecule has 2 rings (SSSR count). The number of nitrogens with one attached hydrogen (secondary N) is 1. The summed E-state index contributed by atoms with van der Waals surface area (Å²) in [6.07, 6.45) is 2.54.